The normalized spacial score (nSPS) is 10.4. The number of hydrogen-bond donors (Lipinski definition) is 2. The van der Waals surface area contributed by atoms with Gasteiger partial charge < -0.3 is 10.5 Å². The molecule has 0 aliphatic rings. The number of nitrogens with two attached hydrogens (primary N) is 1. The number of halogens is 1. The lowest BCUT2D eigenvalue weighted by atomic mass is 10.2. The lowest BCUT2D eigenvalue weighted by Crippen LogP contribution is -2.36. The van der Waals surface area contributed by atoms with E-state index in [4.69, 9.17) is 10.5 Å². The van der Waals surface area contributed by atoms with Crippen LogP contribution >= 0.6 is 0 Å². The van der Waals surface area contributed by atoms with Crippen molar-refractivity contribution in [1.82, 2.24) is 9.55 Å². The van der Waals surface area contributed by atoms with Crippen molar-refractivity contribution in [3.05, 3.63) is 56.5 Å². The summed E-state index contributed by atoms with van der Waals surface area (Å²) in [5.74, 6) is -1.78. The van der Waals surface area contributed by atoms with Crippen LogP contribution in [0.5, 0.6) is 5.75 Å². The molecular formula is C13H12FN3O4. The standard InChI is InChI=1S/C13H12FN3O4/c1-17-11(15)10(12(19)16-13(17)20)8(18)6-21-9-5-3-2-4-7(9)14/h2-5H,6,15H2,1H3,(H,16,19,20). The molecular weight excluding hydrogens is 281 g/mol. The SMILES string of the molecule is Cn1c(N)c(C(=O)COc2ccccc2F)c(=O)[nH]c1=O. The predicted octanol–water partition coefficient (Wildman–Crippen LogP) is 0.0566. The largest absolute Gasteiger partial charge is 0.482 e. The van der Waals surface area contributed by atoms with Crippen molar-refractivity contribution in [2.45, 2.75) is 0 Å². The zero-order valence-corrected chi connectivity index (χ0v) is 11.1. The molecule has 1 aromatic heterocycles. The summed E-state index contributed by atoms with van der Waals surface area (Å²) in [6, 6.07) is 5.53. The summed E-state index contributed by atoms with van der Waals surface area (Å²) in [7, 11) is 1.31. The number of aromatic amines is 1. The second kappa shape index (κ2) is 5.61. The second-order valence-electron chi connectivity index (χ2n) is 4.22. The van der Waals surface area contributed by atoms with Crippen molar-refractivity contribution in [2.75, 3.05) is 12.3 Å². The molecule has 3 N–H and O–H groups in total. The average molecular weight is 293 g/mol. The van der Waals surface area contributed by atoms with Gasteiger partial charge in [-0.15, -0.1) is 0 Å². The third-order valence-corrected chi connectivity index (χ3v) is 2.84. The first-order valence-electron chi connectivity index (χ1n) is 5.91. The molecule has 0 saturated carbocycles. The highest BCUT2D eigenvalue weighted by atomic mass is 19.1. The number of hydrogen-bond acceptors (Lipinski definition) is 5. The van der Waals surface area contributed by atoms with Crippen LogP contribution in [0.25, 0.3) is 0 Å². The number of carbonyl (C=O) groups is 1. The topological polar surface area (TPSA) is 107 Å². The molecule has 0 unspecified atom stereocenters. The molecule has 1 heterocycles. The molecule has 7 nitrogen and oxygen atoms in total. The van der Waals surface area contributed by atoms with Gasteiger partial charge in [0.1, 0.15) is 11.4 Å². The number of benzene rings is 1. The number of para-hydroxylation sites is 1. The Morgan fingerprint density at radius 1 is 1.38 bits per heavy atom. The van der Waals surface area contributed by atoms with Gasteiger partial charge in [0, 0.05) is 7.05 Å². The minimum atomic E-state index is -0.905. The molecule has 0 bridgehead atoms. The molecule has 2 rings (SSSR count). The summed E-state index contributed by atoms with van der Waals surface area (Å²) < 4.78 is 19.3. The molecule has 0 spiro atoms. The maximum Gasteiger partial charge on any atom is 0.329 e. The molecule has 110 valence electrons. The molecule has 21 heavy (non-hydrogen) atoms. The van der Waals surface area contributed by atoms with E-state index in [2.05, 4.69) is 0 Å². The number of nitrogen functional groups attached to an aromatic ring is 1. The number of Topliss-reactive ketones (excluding diaryl/α,β-unsaturated/α-hetero) is 1. The molecule has 0 amide bonds. The van der Waals surface area contributed by atoms with Gasteiger partial charge in [-0.05, 0) is 12.1 Å². The van der Waals surface area contributed by atoms with Gasteiger partial charge in [0.2, 0.25) is 5.78 Å². The molecule has 0 saturated heterocycles. The van der Waals surface area contributed by atoms with Crippen LogP contribution in [0.4, 0.5) is 10.2 Å². The van der Waals surface area contributed by atoms with Crippen LogP contribution in [0.2, 0.25) is 0 Å². The first-order valence-corrected chi connectivity index (χ1v) is 5.91. The summed E-state index contributed by atoms with van der Waals surface area (Å²) in [5, 5.41) is 0. The highest BCUT2D eigenvalue weighted by Gasteiger charge is 2.19. The fourth-order valence-electron chi connectivity index (χ4n) is 1.68. The van der Waals surface area contributed by atoms with E-state index in [0.29, 0.717) is 0 Å². The fourth-order valence-corrected chi connectivity index (χ4v) is 1.68. The molecule has 0 fully saturated rings. The smallest absolute Gasteiger partial charge is 0.329 e. The van der Waals surface area contributed by atoms with Crippen molar-refractivity contribution in [2.24, 2.45) is 7.05 Å². The number of ketones is 1. The number of aromatic nitrogens is 2. The molecule has 0 atom stereocenters. The quantitative estimate of drug-likeness (QED) is 0.775. The van der Waals surface area contributed by atoms with E-state index in [1.165, 1.54) is 31.3 Å². The molecule has 2 aromatic rings. The zero-order valence-electron chi connectivity index (χ0n) is 11.1. The van der Waals surface area contributed by atoms with Crippen molar-refractivity contribution in [3.8, 4) is 5.75 Å². The maximum absolute atomic E-state index is 13.3. The van der Waals surface area contributed by atoms with Crippen molar-refractivity contribution >= 4 is 11.6 Å². The third kappa shape index (κ3) is 2.83. The van der Waals surface area contributed by atoms with E-state index in [-0.39, 0.29) is 11.6 Å². The Hall–Kier alpha value is -2.90. The summed E-state index contributed by atoms with van der Waals surface area (Å²) >= 11 is 0. The Labute approximate surface area is 117 Å². The van der Waals surface area contributed by atoms with Crippen molar-refractivity contribution in [3.63, 3.8) is 0 Å². The Kier molecular flexibility index (Phi) is 3.88. The molecule has 0 radical (unpaired) electrons. The van der Waals surface area contributed by atoms with Gasteiger partial charge >= 0.3 is 5.69 Å². The first-order chi connectivity index (χ1) is 9.91. The van der Waals surface area contributed by atoms with Crippen LogP contribution in [-0.4, -0.2) is 21.9 Å². The molecule has 0 aliphatic heterocycles. The number of carbonyl (C=O) groups excluding carboxylic acids is 1. The highest BCUT2D eigenvalue weighted by molar-refractivity contribution is 6.00. The minimum absolute atomic E-state index is 0.120. The maximum atomic E-state index is 13.3. The first kappa shape index (κ1) is 14.5. The number of anilines is 1. The van der Waals surface area contributed by atoms with Gasteiger partial charge in [0.05, 0.1) is 0 Å². The van der Waals surface area contributed by atoms with E-state index in [1.54, 1.807) is 0 Å². The molecule has 1 aromatic carbocycles. The zero-order chi connectivity index (χ0) is 15.6. The van der Waals surface area contributed by atoms with Crippen LogP contribution in [0.3, 0.4) is 0 Å². The van der Waals surface area contributed by atoms with Gasteiger partial charge in [-0.1, -0.05) is 12.1 Å². The van der Waals surface area contributed by atoms with E-state index in [9.17, 15) is 18.8 Å². The summed E-state index contributed by atoms with van der Waals surface area (Å²) in [6.45, 7) is -0.577. The Morgan fingerprint density at radius 3 is 2.71 bits per heavy atom. The molecule has 8 heteroatoms. The van der Waals surface area contributed by atoms with Crippen molar-refractivity contribution in [1.29, 1.82) is 0 Å². The summed E-state index contributed by atoms with van der Waals surface area (Å²) in [5.41, 5.74) is 3.54. The van der Waals surface area contributed by atoms with Crippen molar-refractivity contribution < 1.29 is 13.9 Å². The predicted molar refractivity (Wildman–Crippen MR) is 72.9 cm³/mol. The Morgan fingerprint density at radius 2 is 2.05 bits per heavy atom. The van der Waals surface area contributed by atoms with Crippen LogP contribution in [0.15, 0.2) is 33.9 Å². The van der Waals surface area contributed by atoms with Gasteiger partial charge in [0.15, 0.2) is 18.2 Å². The lowest BCUT2D eigenvalue weighted by molar-refractivity contribution is 0.0917. The Balaban J connectivity index is 2.26. The number of rotatable bonds is 4. The molecule has 0 aliphatic carbocycles. The third-order valence-electron chi connectivity index (χ3n) is 2.84. The van der Waals surface area contributed by atoms with Crippen LogP contribution in [0, 0.1) is 5.82 Å². The Bertz CT molecular complexity index is 810. The number of H-pyrrole nitrogens is 1. The van der Waals surface area contributed by atoms with Crippen LogP contribution in [0.1, 0.15) is 10.4 Å². The van der Waals surface area contributed by atoms with E-state index < -0.39 is 35.0 Å². The summed E-state index contributed by atoms with van der Waals surface area (Å²) in [6.07, 6.45) is 0. The number of nitrogens with zero attached hydrogens (tertiary/aromatic N) is 1. The van der Waals surface area contributed by atoms with Gasteiger partial charge in [-0.2, -0.15) is 0 Å². The van der Waals surface area contributed by atoms with Gasteiger partial charge in [-0.25, -0.2) is 9.18 Å². The fraction of sp³-hybridized carbons (Fsp3) is 0.154. The van der Waals surface area contributed by atoms with Gasteiger partial charge in [-0.3, -0.25) is 19.1 Å². The van der Waals surface area contributed by atoms with Crippen LogP contribution < -0.4 is 21.7 Å². The summed E-state index contributed by atoms with van der Waals surface area (Å²) in [4.78, 5) is 36.9. The van der Waals surface area contributed by atoms with Crippen LogP contribution in [-0.2, 0) is 7.05 Å². The number of ether oxygens (including phenoxy) is 1. The monoisotopic (exact) mass is 293 g/mol. The second-order valence-corrected chi connectivity index (χ2v) is 4.22. The minimum Gasteiger partial charge on any atom is -0.482 e. The van der Waals surface area contributed by atoms with E-state index >= 15 is 0 Å². The van der Waals surface area contributed by atoms with Gasteiger partial charge in [0.25, 0.3) is 5.56 Å². The average Bonchev–Trinajstić information content (AvgIpc) is 2.44. The number of nitrogens with one attached hydrogen (secondary N) is 1. The lowest BCUT2D eigenvalue weighted by Gasteiger charge is -2.09. The van der Waals surface area contributed by atoms with E-state index in [1.807, 2.05) is 4.98 Å². The highest BCUT2D eigenvalue weighted by Crippen LogP contribution is 2.15. The van der Waals surface area contributed by atoms with E-state index in [0.717, 1.165) is 4.57 Å².